The van der Waals surface area contributed by atoms with E-state index in [2.05, 4.69) is 4.98 Å². The van der Waals surface area contributed by atoms with E-state index in [0.29, 0.717) is 5.56 Å². The van der Waals surface area contributed by atoms with Crippen molar-refractivity contribution in [2.75, 3.05) is 0 Å². The van der Waals surface area contributed by atoms with Gasteiger partial charge in [0.25, 0.3) is 0 Å². The molecular weight excluding hydrogens is 288 g/mol. The Morgan fingerprint density at radius 2 is 2.00 bits per heavy atom. The van der Waals surface area contributed by atoms with Gasteiger partial charge >= 0.3 is 5.63 Å². The van der Waals surface area contributed by atoms with E-state index < -0.39 is 22.9 Å². The molecular formula is C15H8N2O5. The van der Waals surface area contributed by atoms with Gasteiger partial charge in [0.2, 0.25) is 11.5 Å². The predicted octanol–water partition coefficient (Wildman–Crippen LogP) is 1.84. The molecule has 0 saturated carbocycles. The van der Waals surface area contributed by atoms with Crippen molar-refractivity contribution in [3.8, 4) is 34.4 Å². The molecule has 0 radical (unpaired) electrons. The molecule has 0 amide bonds. The average Bonchev–Trinajstić information content (AvgIpc) is 2.53. The summed E-state index contributed by atoms with van der Waals surface area (Å²) in [6.07, 6.45) is 2.90. The average molecular weight is 296 g/mol. The number of hydrogen-bond acceptors (Lipinski definition) is 7. The fourth-order valence-electron chi connectivity index (χ4n) is 2.19. The summed E-state index contributed by atoms with van der Waals surface area (Å²) in [7, 11) is 0. The standard InChI is InChI=1S/C15H8N2O5/c16-5-9-8-4-10(18)12(19)13(20)14(8)22-15(21)11(9)7-2-1-3-17-6-7/h1-4,6,18-20H. The van der Waals surface area contributed by atoms with Crippen LogP contribution in [0.5, 0.6) is 17.2 Å². The van der Waals surface area contributed by atoms with Crippen molar-refractivity contribution in [3.05, 3.63) is 46.6 Å². The maximum atomic E-state index is 12.2. The lowest BCUT2D eigenvalue weighted by molar-refractivity contribution is 0.365. The highest BCUT2D eigenvalue weighted by atomic mass is 16.4. The number of pyridine rings is 1. The molecule has 0 saturated heterocycles. The molecule has 0 aliphatic heterocycles. The number of rotatable bonds is 1. The van der Waals surface area contributed by atoms with Gasteiger partial charge in [-0.2, -0.15) is 5.26 Å². The monoisotopic (exact) mass is 296 g/mol. The van der Waals surface area contributed by atoms with Crippen LogP contribution in [0.15, 0.2) is 39.8 Å². The number of hydrogen-bond donors (Lipinski definition) is 3. The zero-order valence-electron chi connectivity index (χ0n) is 10.9. The minimum atomic E-state index is -0.863. The van der Waals surface area contributed by atoms with Crippen molar-refractivity contribution in [3.63, 3.8) is 0 Å². The third-order valence-electron chi connectivity index (χ3n) is 3.19. The highest BCUT2D eigenvalue weighted by molar-refractivity contribution is 5.95. The van der Waals surface area contributed by atoms with Crippen molar-refractivity contribution in [1.29, 1.82) is 5.26 Å². The molecule has 0 bridgehead atoms. The lowest BCUT2D eigenvalue weighted by Crippen LogP contribution is -2.06. The van der Waals surface area contributed by atoms with E-state index in [1.165, 1.54) is 12.4 Å². The van der Waals surface area contributed by atoms with Crippen molar-refractivity contribution in [2.45, 2.75) is 0 Å². The Morgan fingerprint density at radius 1 is 1.23 bits per heavy atom. The molecule has 0 atom stereocenters. The van der Waals surface area contributed by atoms with Crippen LogP contribution in [0.1, 0.15) is 5.56 Å². The summed E-state index contributed by atoms with van der Waals surface area (Å²) < 4.78 is 5.00. The minimum Gasteiger partial charge on any atom is -0.504 e. The molecule has 3 aromatic rings. The lowest BCUT2D eigenvalue weighted by Gasteiger charge is -2.08. The molecule has 2 aromatic heterocycles. The lowest BCUT2D eigenvalue weighted by atomic mass is 10.00. The fourth-order valence-corrected chi connectivity index (χ4v) is 2.19. The maximum Gasteiger partial charge on any atom is 0.345 e. The Labute approximate surface area is 122 Å². The summed E-state index contributed by atoms with van der Waals surface area (Å²) >= 11 is 0. The molecule has 0 spiro atoms. The Balaban J connectivity index is 2.52. The van der Waals surface area contributed by atoms with Gasteiger partial charge in [-0.15, -0.1) is 0 Å². The number of fused-ring (bicyclic) bond motifs is 1. The van der Waals surface area contributed by atoms with Crippen molar-refractivity contribution < 1.29 is 19.7 Å². The molecule has 7 nitrogen and oxygen atoms in total. The maximum absolute atomic E-state index is 12.2. The van der Waals surface area contributed by atoms with Gasteiger partial charge in [0.05, 0.1) is 11.1 Å². The summed E-state index contributed by atoms with van der Waals surface area (Å²) in [5.74, 6) is -2.26. The van der Waals surface area contributed by atoms with E-state index >= 15 is 0 Å². The third-order valence-corrected chi connectivity index (χ3v) is 3.19. The smallest absolute Gasteiger partial charge is 0.345 e. The Bertz CT molecular complexity index is 987. The summed E-state index contributed by atoms with van der Waals surface area (Å²) in [4.78, 5) is 16.0. The zero-order chi connectivity index (χ0) is 15.9. The van der Waals surface area contributed by atoms with Gasteiger partial charge in [-0.25, -0.2) is 4.79 Å². The molecule has 0 aliphatic carbocycles. The largest absolute Gasteiger partial charge is 0.504 e. The Kier molecular flexibility index (Phi) is 2.93. The molecule has 3 N–H and O–H groups in total. The van der Waals surface area contributed by atoms with E-state index in [9.17, 15) is 25.4 Å². The van der Waals surface area contributed by atoms with Gasteiger partial charge in [0, 0.05) is 23.3 Å². The van der Waals surface area contributed by atoms with Crippen LogP contribution in [0, 0.1) is 11.3 Å². The first-order chi connectivity index (χ1) is 10.5. The quantitative estimate of drug-likeness (QED) is 0.461. The van der Waals surface area contributed by atoms with Crippen molar-refractivity contribution in [2.24, 2.45) is 0 Å². The summed E-state index contributed by atoms with van der Waals surface area (Å²) in [6.45, 7) is 0. The van der Waals surface area contributed by atoms with Crippen LogP contribution in [0.2, 0.25) is 0 Å². The normalized spacial score (nSPS) is 10.5. The Morgan fingerprint density at radius 3 is 2.64 bits per heavy atom. The SMILES string of the molecule is N#Cc1c(-c2cccnc2)c(=O)oc2c(O)c(O)c(O)cc12. The van der Waals surface area contributed by atoms with E-state index in [0.717, 1.165) is 6.07 Å². The van der Waals surface area contributed by atoms with Crippen LogP contribution < -0.4 is 5.63 Å². The molecule has 0 aliphatic rings. The number of aromatic nitrogens is 1. The van der Waals surface area contributed by atoms with Gasteiger partial charge in [-0.3, -0.25) is 4.98 Å². The molecule has 3 rings (SSSR count). The van der Waals surface area contributed by atoms with Crippen molar-refractivity contribution in [1.82, 2.24) is 4.98 Å². The van der Waals surface area contributed by atoms with Crippen molar-refractivity contribution >= 4 is 11.0 Å². The molecule has 0 fully saturated rings. The Hall–Kier alpha value is -3.53. The number of benzene rings is 1. The molecule has 1 aromatic carbocycles. The molecule has 22 heavy (non-hydrogen) atoms. The van der Waals surface area contributed by atoms with Crippen LogP contribution in [-0.4, -0.2) is 20.3 Å². The number of nitrogens with zero attached hydrogens (tertiary/aromatic N) is 2. The molecule has 7 heteroatoms. The van der Waals surface area contributed by atoms with Crippen LogP contribution in [0.25, 0.3) is 22.1 Å². The number of aromatic hydroxyl groups is 3. The van der Waals surface area contributed by atoms with Gasteiger partial charge in [0.15, 0.2) is 11.3 Å². The highest BCUT2D eigenvalue weighted by Crippen LogP contribution is 2.42. The van der Waals surface area contributed by atoms with Gasteiger partial charge in [0.1, 0.15) is 6.07 Å². The number of phenolic OH excluding ortho intramolecular Hbond substituents is 3. The van der Waals surface area contributed by atoms with Crippen LogP contribution in [0.4, 0.5) is 0 Å². The fraction of sp³-hybridized carbons (Fsp3) is 0. The van der Waals surface area contributed by atoms with E-state index in [-0.39, 0.29) is 22.1 Å². The van der Waals surface area contributed by atoms with Crippen LogP contribution in [0.3, 0.4) is 0 Å². The van der Waals surface area contributed by atoms with E-state index in [4.69, 9.17) is 4.42 Å². The summed E-state index contributed by atoms with van der Waals surface area (Å²) in [5.41, 5.74) is -0.999. The van der Waals surface area contributed by atoms with E-state index in [1.54, 1.807) is 12.1 Å². The second-order valence-electron chi connectivity index (χ2n) is 4.46. The summed E-state index contributed by atoms with van der Waals surface area (Å²) in [5, 5.41) is 38.3. The summed E-state index contributed by atoms with van der Waals surface area (Å²) in [6, 6.07) is 6.07. The van der Waals surface area contributed by atoms with E-state index in [1.807, 2.05) is 6.07 Å². The first-order valence-corrected chi connectivity index (χ1v) is 6.09. The molecule has 108 valence electrons. The van der Waals surface area contributed by atoms with Crippen LogP contribution >= 0.6 is 0 Å². The molecule has 2 heterocycles. The first kappa shape index (κ1) is 13.5. The second kappa shape index (κ2) is 4.79. The predicted molar refractivity (Wildman–Crippen MR) is 75.4 cm³/mol. The zero-order valence-corrected chi connectivity index (χ0v) is 10.9. The number of nitriles is 1. The van der Waals surface area contributed by atoms with Gasteiger partial charge in [-0.1, -0.05) is 6.07 Å². The molecule has 0 unspecified atom stereocenters. The first-order valence-electron chi connectivity index (χ1n) is 6.09. The minimum absolute atomic E-state index is 0.00810. The van der Waals surface area contributed by atoms with Gasteiger partial charge < -0.3 is 19.7 Å². The number of phenols is 3. The highest BCUT2D eigenvalue weighted by Gasteiger charge is 2.22. The third kappa shape index (κ3) is 1.83. The van der Waals surface area contributed by atoms with Gasteiger partial charge in [-0.05, 0) is 12.1 Å². The van der Waals surface area contributed by atoms with Crippen LogP contribution in [-0.2, 0) is 0 Å². The topological polar surface area (TPSA) is 128 Å². The second-order valence-corrected chi connectivity index (χ2v) is 4.46.